The standard InChI is InChI=1S/C15H20O3/c1-15(2)8-7-11-12(16)9-5-3-4-6-10(9)13(17)14(11)18-15/h9-10H,3-8H2,1-2H3. The first kappa shape index (κ1) is 11.9. The van der Waals surface area contributed by atoms with Crippen molar-refractivity contribution in [3.8, 4) is 0 Å². The average Bonchev–Trinajstić information content (AvgIpc) is 2.35. The van der Waals surface area contributed by atoms with Crippen LogP contribution in [0.5, 0.6) is 0 Å². The Balaban J connectivity index is 2.00. The lowest BCUT2D eigenvalue weighted by molar-refractivity contribution is -0.139. The molecule has 0 saturated heterocycles. The monoisotopic (exact) mass is 248 g/mol. The summed E-state index contributed by atoms with van der Waals surface area (Å²) in [5.41, 5.74) is 0.374. The lowest BCUT2D eigenvalue weighted by atomic mass is 9.67. The molecule has 2 atom stereocenters. The van der Waals surface area contributed by atoms with E-state index in [2.05, 4.69) is 0 Å². The molecule has 3 rings (SSSR count). The van der Waals surface area contributed by atoms with Crippen molar-refractivity contribution in [3.05, 3.63) is 11.3 Å². The van der Waals surface area contributed by atoms with Crippen LogP contribution in [0.3, 0.4) is 0 Å². The van der Waals surface area contributed by atoms with Gasteiger partial charge >= 0.3 is 0 Å². The van der Waals surface area contributed by atoms with Gasteiger partial charge in [0.15, 0.2) is 11.5 Å². The van der Waals surface area contributed by atoms with Gasteiger partial charge in [0.05, 0.1) is 0 Å². The Morgan fingerprint density at radius 3 is 2.33 bits per heavy atom. The molecule has 0 bridgehead atoms. The van der Waals surface area contributed by atoms with Gasteiger partial charge in [-0.05, 0) is 39.5 Å². The Hall–Kier alpha value is -1.12. The third kappa shape index (κ3) is 1.72. The van der Waals surface area contributed by atoms with E-state index in [-0.39, 0.29) is 29.0 Å². The van der Waals surface area contributed by atoms with Gasteiger partial charge in [0.1, 0.15) is 5.60 Å². The van der Waals surface area contributed by atoms with Gasteiger partial charge < -0.3 is 4.74 Å². The van der Waals surface area contributed by atoms with E-state index in [1.54, 1.807) is 0 Å². The van der Waals surface area contributed by atoms with Crippen molar-refractivity contribution >= 4 is 11.6 Å². The predicted molar refractivity (Wildman–Crippen MR) is 66.9 cm³/mol. The van der Waals surface area contributed by atoms with Crippen LogP contribution in [-0.2, 0) is 14.3 Å². The fraction of sp³-hybridized carbons (Fsp3) is 0.733. The third-order valence-corrected chi connectivity index (χ3v) is 4.59. The minimum atomic E-state index is -0.309. The minimum Gasteiger partial charge on any atom is -0.484 e. The molecule has 0 aromatic rings. The first-order chi connectivity index (χ1) is 8.49. The van der Waals surface area contributed by atoms with E-state index in [4.69, 9.17) is 4.74 Å². The van der Waals surface area contributed by atoms with E-state index in [0.717, 1.165) is 32.1 Å². The largest absolute Gasteiger partial charge is 0.484 e. The quantitative estimate of drug-likeness (QED) is 0.662. The van der Waals surface area contributed by atoms with Gasteiger partial charge in [0.25, 0.3) is 0 Å². The van der Waals surface area contributed by atoms with Gasteiger partial charge in [0, 0.05) is 17.4 Å². The normalized spacial score (nSPS) is 34.8. The van der Waals surface area contributed by atoms with E-state index >= 15 is 0 Å². The topological polar surface area (TPSA) is 43.4 Å². The Bertz CT molecular complexity index is 445. The van der Waals surface area contributed by atoms with Gasteiger partial charge in [-0.25, -0.2) is 0 Å². The molecule has 0 radical (unpaired) electrons. The number of Topliss-reactive ketones (excluding diaryl/α,β-unsaturated/α-hetero) is 2. The van der Waals surface area contributed by atoms with Crippen LogP contribution in [-0.4, -0.2) is 17.2 Å². The molecule has 1 aliphatic heterocycles. The summed E-state index contributed by atoms with van der Waals surface area (Å²) >= 11 is 0. The van der Waals surface area contributed by atoms with E-state index < -0.39 is 0 Å². The molecule has 0 amide bonds. The van der Waals surface area contributed by atoms with Gasteiger partial charge in [-0.15, -0.1) is 0 Å². The summed E-state index contributed by atoms with van der Waals surface area (Å²) in [7, 11) is 0. The summed E-state index contributed by atoms with van der Waals surface area (Å²) in [6.07, 6.45) is 5.41. The highest BCUT2D eigenvalue weighted by Gasteiger charge is 2.47. The number of hydrogen-bond acceptors (Lipinski definition) is 3. The van der Waals surface area contributed by atoms with Crippen LogP contribution >= 0.6 is 0 Å². The van der Waals surface area contributed by atoms with Crippen molar-refractivity contribution in [2.75, 3.05) is 0 Å². The van der Waals surface area contributed by atoms with Crippen molar-refractivity contribution in [3.63, 3.8) is 0 Å². The van der Waals surface area contributed by atoms with Crippen LogP contribution in [0.1, 0.15) is 52.4 Å². The first-order valence-corrected chi connectivity index (χ1v) is 7.00. The zero-order valence-corrected chi connectivity index (χ0v) is 11.1. The highest BCUT2D eigenvalue weighted by Crippen LogP contribution is 2.44. The summed E-state index contributed by atoms with van der Waals surface area (Å²) < 4.78 is 5.82. The number of allylic oxidation sites excluding steroid dienone is 2. The van der Waals surface area contributed by atoms with Gasteiger partial charge in [-0.1, -0.05) is 12.8 Å². The molecule has 18 heavy (non-hydrogen) atoms. The summed E-state index contributed by atoms with van der Waals surface area (Å²) in [5, 5.41) is 0. The van der Waals surface area contributed by atoms with E-state index in [9.17, 15) is 9.59 Å². The molecule has 1 heterocycles. The van der Waals surface area contributed by atoms with Crippen molar-refractivity contribution < 1.29 is 14.3 Å². The first-order valence-electron chi connectivity index (χ1n) is 7.00. The molecular formula is C15H20O3. The summed E-state index contributed by atoms with van der Waals surface area (Å²) in [6, 6.07) is 0. The van der Waals surface area contributed by atoms with Crippen LogP contribution in [0.4, 0.5) is 0 Å². The van der Waals surface area contributed by atoms with Crippen LogP contribution in [0.2, 0.25) is 0 Å². The van der Waals surface area contributed by atoms with Crippen LogP contribution in [0.15, 0.2) is 11.3 Å². The van der Waals surface area contributed by atoms with Crippen molar-refractivity contribution in [1.82, 2.24) is 0 Å². The zero-order valence-electron chi connectivity index (χ0n) is 11.1. The third-order valence-electron chi connectivity index (χ3n) is 4.59. The van der Waals surface area contributed by atoms with E-state index in [1.807, 2.05) is 13.8 Å². The van der Waals surface area contributed by atoms with E-state index in [1.165, 1.54) is 0 Å². The molecule has 2 aliphatic carbocycles. The molecule has 3 nitrogen and oxygen atoms in total. The Morgan fingerprint density at radius 1 is 1.06 bits per heavy atom. The highest BCUT2D eigenvalue weighted by atomic mass is 16.5. The van der Waals surface area contributed by atoms with Gasteiger partial charge in [0.2, 0.25) is 5.78 Å². The second-order valence-electron chi connectivity index (χ2n) is 6.40. The van der Waals surface area contributed by atoms with Crippen LogP contribution < -0.4 is 0 Å². The number of carbonyl (C=O) groups excluding carboxylic acids is 2. The summed E-state index contributed by atoms with van der Waals surface area (Å²) in [4.78, 5) is 25.0. The number of ketones is 2. The smallest absolute Gasteiger partial charge is 0.201 e. The minimum absolute atomic E-state index is 0.0465. The molecule has 2 unspecified atom stereocenters. The molecule has 0 spiro atoms. The number of hydrogen-bond donors (Lipinski definition) is 0. The maximum atomic E-state index is 12.5. The van der Waals surface area contributed by atoms with Gasteiger partial charge in [-0.3, -0.25) is 9.59 Å². The van der Waals surface area contributed by atoms with Gasteiger partial charge in [-0.2, -0.15) is 0 Å². The average molecular weight is 248 g/mol. The lowest BCUT2D eigenvalue weighted by Gasteiger charge is -2.41. The Kier molecular flexibility index (Phi) is 2.61. The van der Waals surface area contributed by atoms with Crippen molar-refractivity contribution in [1.29, 1.82) is 0 Å². The molecule has 3 heteroatoms. The fourth-order valence-electron chi connectivity index (χ4n) is 3.51. The summed E-state index contributed by atoms with van der Waals surface area (Å²) in [6.45, 7) is 3.98. The van der Waals surface area contributed by atoms with E-state index in [0.29, 0.717) is 17.8 Å². The molecule has 0 N–H and O–H groups in total. The fourth-order valence-corrected chi connectivity index (χ4v) is 3.51. The van der Waals surface area contributed by atoms with Crippen molar-refractivity contribution in [2.45, 2.75) is 58.0 Å². The molecule has 98 valence electrons. The number of rotatable bonds is 0. The molecule has 1 saturated carbocycles. The maximum Gasteiger partial charge on any atom is 0.201 e. The number of carbonyl (C=O) groups is 2. The lowest BCUT2D eigenvalue weighted by Crippen LogP contribution is -2.44. The molecule has 1 fully saturated rings. The van der Waals surface area contributed by atoms with Crippen LogP contribution in [0.25, 0.3) is 0 Å². The predicted octanol–water partition coefficient (Wildman–Crippen LogP) is 2.79. The second kappa shape index (κ2) is 3.94. The van der Waals surface area contributed by atoms with Crippen LogP contribution in [0, 0.1) is 11.8 Å². The number of ether oxygens (including phenoxy) is 1. The highest BCUT2D eigenvalue weighted by molar-refractivity contribution is 6.13. The summed E-state index contributed by atoms with van der Waals surface area (Å²) in [5.74, 6) is 0.556. The maximum absolute atomic E-state index is 12.5. The molecule has 0 aromatic heterocycles. The second-order valence-corrected chi connectivity index (χ2v) is 6.40. The number of fused-ring (bicyclic) bond motifs is 1. The molecule has 3 aliphatic rings. The molecule has 0 aromatic carbocycles. The Morgan fingerprint density at radius 2 is 1.67 bits per heavy atom. The zero-order chi connectivity index (χ0) is 12.9. The Labute approximate surface area is 108 Å². The molecular weight excluding hydrogens is 228 g/mol. The SMILES string of the molecule is CC1(C)CCC2=C(O1)C(=O)C1CCCCC1C2=O. The van der Waals surface area contributed by atoms with Crippen molar-refractivity contribution in [2.24, 2.45) is 11.8 Å².